The lowest BCUT2D eigenvalue weighted by Gasteiger charge is -2.22. The molecule has 0 N–H and O–H groups in total. The number of benzene rings is 2. The summed E-state index contributed by atoms with van der Waals surface area (Å²) in [6.45, 7) is 2.06. The van der Waals surface area contributed by atoms with Gasteiger partial charge in [0.2, 0.25) is 0 Å². The van der Waals surface area contributed by atoms with Crippen LogP contribution in [0.15, 0.2) is 65.4 Å². The van der Waals surface area contributed by atoms with Gasteiger partial charge in [0, 0.05) is 17.3 Å². The van der Waals surface area contributed by atoms with E-state index in [9.17, 15) is 4.79 Å². The topological polar surface area (TPSA) is 46.3 Å². The van der Waals surface area contributed by atoms with Crippen molar-refractivity contribution >= 4 is 11.6 Å². The molecule has 1 aliphatic heterocycles. The Bertz CT molecular complexity index is 855. The van der Waals surface area contributed by atoms with Gasteiger partial charge in [-0.1, -0.05) is 53.7 Å². The van der Waals surface area contributed by atoms with Crippen LogP contribution in [0.4, 0.5) is 5.69 Å². The van der Waals surface area contributed by atoms with E-state index >= 15 is 0 Å². The summed E-state index contributed by atoms with van der Waals surface area (Å²) < 4.78 is 5.11. The largest absolute Gasteiger partial charge is 0.363 e. The summed E-state index contributed by atoms with van der Waals surface area (Å²) >= 11 is 0. The van der Waals surface area contributed by atoms with Crippen LogP contribution in [0, 0.1) is 0 Å². The Morgan fingerprint density at radius 3 is 2.70 bits per heavy atom. The van der Waals surface area contributed by atoms with Crippen molar-refractivity contribution in [2.24, 2.45) is 0 Å². The van der Waals surface area contributed by atoms with Gasteiger partial charge >= 0.3 is 0 Å². The SMILES string of the molecule is C[C@@H]1Cc2ccccc2N1C(=O)c1conc1-c1ccccc1. The number of amides is 1. The van der Waals surface area contributed by atoms with Gasteiger partial charge in [-0.25, -0.2) is 0 Å². The van der Waals surface area contributed by atoms with Crippen molar-refractivity contribution in [3.63, 3.8) is 0 Å². The summed E-state index contributed by atoms with van der Waals surface area (Å²) in [6, 6.07) is 17.8. The molecule has 4 rings (SSSR count). The normalized spacial score (nSPS) is 16.4. The molecular weight excluding hydrogens is 288 g/mol. The molecule has 1 amide bonds. The van der Waals surface area contributed by atoms with E-state index in [4.69, 9.17) is 4.52 Å². The fraction of sp³-hybridized carbons (Fsp3) is 0.158. The average Bonchev–Trinajstić information content (AvgIpc) is 3.18. The van der Waals surface area contributed by atoms with Crippen LogP contribution in [-0.4, -0.2) is 17.1 Å². The fourth-order valence-electron chi connectivity index (χ4n) is 3.20. The third-order valence-corrected chi connectivity index (χ3v) is 4.27. The first-order valence-electron chi connectivity index (χ1n) is 7.67. The van der Waals surface area contributed by atoms with Gasteiger partial charge in [-0.15, -0.1) is 0 Å². The molecule has 2 aromatic carbocycles. The number of rotatable bonds is 2. The van der Waals surface area contributed by atoms with Crippen LogP contribution in [0.3, 0.4) is 0 Å². The Hall–Kier alpha value is -2.88. The summed E-state index contributed by atoms with van der Waals surface area (Å²) in [4.78, 5) is 14.9. The smallest absolute Gasteiger partial charge is 0.264 e. The van der Waals surface area contributed by atoms with E-state index < -0.39 is 0 Å². The lowest BCUT2D eigenvalue weighted by Crippen LogP contribution is -2.35. The molecule has 114 valence electrons. The minimum atomic E-state index is -0.0671. The molecule has 0 unspecified atom stereocenters. The van der Waals surface area contributed by atoms with Crippen LogP contribution in [-0.2, 0) is 6.42 Å². The van der Waals surface area contributed by atoms with Crippen LogP contribution < -0.4 is 4.90 Å². The maximum Gasteiger partial charge on any atom is 0.264 e. The molecule has 23 heavy (non-hydrogen) atoms. The molecule has 0 aliphatic carbocycles. The Morgan fingerprint density at radius 1 is 1.13 bits per heavy atom. The number of anilines is 1. The number of carbonyl (C=O) groups excluding carboxylic acids is 1. The van der Waals surface area contributed by atoms with Crippen molar-refractivity contribution in [1.29, 1.82) is 0 Å². The molecule has 4 heteroatoms. The van der Waals surface area contributed by atoms with E-state index in [0.29, 0.717) is 11.3 Å². The lowest BCUT2D eigenvalue weighted by molar-refractivity contribution is 0.0981. The highest BCUT2D eigenvalue weighted by Crippen LogP contribution is 2.34. The molecule has 0 radical (unpaired) electrons. The Kier molecular flexibility index (Phi) is 3.23. The highest BCUT2D eigenvalue weighted by atomic mass is 16.5. The standard InChI is InChI=1S/C19H16N2O2/c1-13-11-15-9-5-6-10-17(15)21(13)19(22)16-12-23-20-18(16)14-7-3-2-4-8-14/h2-10,12-13H,11H2,1H3/t13-/m1/s1. The maximum absolute atomic E-state index is 13.1. The first-order chi connectivity index (χ1) is 11.3. The molecular formula is C19H16N2O2. The first kappa shape index (κ1) is 13.8. The average molecular weight is 304 g/mol. The number of aromatic nitrogens is 1. The zero-order valence-electron chi connectivity index (χ0n) is 12.8. The number of carbonyl (C=O) groups is 1. The second-order valence-electron chi connectivity index (χ2n) is 5.80. The van der Waals surface area contributed by atoms with E-state index in [1.165, 1.54) is 11.8 Å². The van der Waals surface area contributed by atoms with Gasteiger partial charge in [-0.05, 0) is 25.0 Å². The van der Waals surface area contributed by atoms with Gasteiger partial charge in [0.25, 0.3) is 5.91 Å². The highest BCUT2D eigenvalue weighted by Gasteiger charge is 2.33. The van der Waals surface area contributed by atoms with Crippen molar-refractivity contribution in [3.8, 4) is 11.3 Å². The minimum absolute atomic E-state index is 0.0671. The van der Waals surface area contributed by atoms with E-state index in [0.717, 1.165) is 17.7 Å². The van der Waals surface area contributed by atoms with E-state index in [-0.39, 0.29) is 11.9 Å². The number of fused-ring (bicyclic) bond motifs is 1. The van der Waals surface area contributed by atoms with Gasteiger partial charge in [-0.3, -0.25) is 4.79 Å². The molecule has 4 nitrogen and oxygen atoms in total. The molecule has 0 saturated carbocycles. The Balaban J connectivity index is 1.76. The number of nitrogens with zero attached hydrogens (tertiary/aromatic N) is 2. The van der Waals surface area contributed by atoms with Gasteiger partial charge in [0.1, 0.15) is 17.5 Å². The van der Waals surface area contributed by atoms with Crippen LogP contribution in [0.2, 0.25) is 0 Å². The minimum Gasteiger partial charge on any atom is -0.363 e. The van der Waals surface area contributed by atoms with Crippen molar-refractivity contribution in [1.82, 2.24) is 5.16 Å². The van der Waals surface area contributed by atoms with Crippen LogP contribution in [0.5, 0.6) is 0 Å². The van der Waals surface area contributed by atoms with Crippen molar-refractivity contribution in [2.45, 2.75) is 19.4 Å². The fourth-order valence-corrected chi connectivity index (χ4v) is 3.20. The van der Waals surface area contributed by atoms with Gasteiger partial charge in [0.05, 0.1) is 0 Å². The predicted octanol–water partition coefficient (Wildman–Crippen LogP) is 3.93. The van der Waals surface area contributed by atoms with Gasteiger partial charge in [0.15, 0.2) is 0 Å². The van der Waals surface area contributed by atoms with Crippen LogP contribution in [0.1, 0.15) is 22.8 Å². The van der Waals surface area contributed by atoms with Crippen molar-refractivity contribution < 1.29 is 9.32 Å². The second kappa shape index (κ2) is 5.39. The number of hydrogen-bond donors (Lipinski definition) is 0. The molecule has 1 atom stereocenters. The summed E-state index contributed by atoms with van der Waals surface area (Å²) in [5.41, 5.74) is 4.15. The Morgan fingerprint density at radius 2 is 1.87 bits per heavy atom. The molecule has 0 spiro atoms. The molecule has 0 saturated heterocycles. The summed E-state index contributed by atoms with van der Waals surface area (Å²) in [5, 5.41) is 4.04. The van der Waals surface area contributed by atoms with E-state index in [2.05, 4.69) is 18.1 Å². The number of hydrogen-bond acceptors (Lipinski definition) is 3. The molecule has 1 aromatic heterocycles. The molecule has 2 heterocycles. The molecule has 3 aromatic rings. The zero-order valence-corrected chi connectivity index (χ0v) is 12.8. The van der Waals surface area contributed by atoms with Gasteiger partial charge < -0.3 is 9.42 Å². The third kappa shape index (κ3) is 2.23. The molecule has 1 aliphatic rings. The molecule has 0 fully saturated rings. The highest BCUT2D eigenvalue weighted by molar-refractivity contribution is 6.10. The summed E-state index contributed by atoms with van der Waals surface area (Å²) in [7, 11) is 0. The third-order valence-electron chi connectivity index (χ3n) is 4.27. The van der Waals surface area contributed by atoms with E-state index in [1.807, 2.05) is 53.4 Å². The van der Waals surface area contributed by atoms with Crippen LogP contribution in [0.25, 0.3) is 11.3 Å². The maximum atomic E-state index is 13.1. The van der Waals surface area contributed by atoms with E-state index in [1.54, 1.807) is 0 Å². The van der Waals surface area contributed by atoms with Gasteiger partial charge in [-0.2, -0.15) is 0 Å². The van der Waals surface area contributed by atoms with Crippen molar-refractivity contribution in [3.05, 3.63) is 72.0 Å². The molecule has 0 bridgehead atoms. The quantitative estimate of drug-likeness (QED) is 0.720. The Labute approximate surface area is 134 Å². The number of para-hydroxylation sites is 1. The zero-order chi connectivity index (χ0) is 15.8. The predicted molar refractivity (Wildman–Crippen MR) is 88.4 cm³/mol. The second-order valence-corrected chi connectivity index (χ2v) is 5.80. The summed E-state index contributed by atoms with van der Waals surface area (Å²) in [5.74, 6) is -0.0671. The first-order valence-corrected chi connectivity index (χ1v) is 7.67. The summed E-state index contributed by atoms with van der Waals surface area (Å²) in [6.07, 6.45) is 2.31. The van der Waals surface area contributed by atoms with Crippen LogP contribution >= 0.6 is 0 Å². The monoisotopic (exact) mass is 304 g/mol. The van der Waals surface area contributed by atoms with Crippen molar-refractivity contribution in [2.75, 3.05) is 4.90 Å². The lowest BCUT2D eigenvalue weighted by atomic mass is 10.1.